The Balaban J connectivity index is 2.15. The van der Waals surface area contributed by atoms with Crippen molar-refractivity contribution >= 4 is 27.4 Å². The molecule has 1 aromatic heterocycles. The van der Waals surface area contributed by atoms with Gasteiger partial charge in [0.2, 0.25) is 0 Å². The molecule has 104 valence electrons. The van der Waals surface area contributed by atoms with Gasteiger partial charge < -0.3 is 5.32 Å². The van der Waals surface area contributed by atoms with Gasteiger partial charge in [-0.15, -0.1) is 0 Å². The van der Waals surface area contributed by atoms with Crippen LogP contribution in [0.25, 0.3) is 0 Å². The molecule has 20 heavy (non-hydrogen) atoms. The summed E-state index contributed by atoms with van der Waals surface area (Å²) in [4.78, 5) is 14.3. The van der Waals surface area contributed by atoms with Gasteiger partial charge in [-0.3, -0.25) is 10.1 Å². The highest BCUT2D eigenvalue weighted by molar-refractivity contribution is 9.10. The summed E-state index contributed by atoms with van der Waals surface area (Å²) in [6.45, 7) is 4.46. The molecule has 6 heteroatoms. The maximum atomic E-state index is 10.7. The van der Waals surface area contributed by atoms with Crippen LogP contribution in [0.2, 0.25) is 0 Å². The Kier molecular flexibility index (Phi) is 4.34. The lowest BCUT2D eigenvalue weighted by molar-refractivity contribution is -0.385. The van der Waals surface area contributed by atoms with Gasteiger partial charge in [0.05, 0.1) is 4.92 Å². The van der Waals surface area contributed by atoms with Gasteiger partial charge in [-0.1, -0.05) is 22.0 Å². The summed E-state index contributed by atoms with van der Waals surface area (Å²) in [6, 6.07) is 7.59. The second kappa shape index (κ2) is 6.00. The molecule has 0 bridgehead atoms. The van der Waals surface area contributed by atoms with Gasteiger partial charge in [-0.05, 0) is 42.7 Å². The molecule has 0 aliphatic heterocycles. The topological polar surface area (TPSA) is 68.1 Å². The SMILES string of the molecule is Cc1ccc(Br)cc1CNc1ncc([N+](=O)[O-])cc1C. The van der Waals surface area contributed by atoms with Crippen molar-refractivity contribution in [2.24, 2.45) is 0 Å². The number of anilines is 1. The van der Waals surface area contributed by atoms with Crippen LogP contribution in [-0.4, -0.2) is 9.91 Å². The zero-order chi connectivity index (χ0) is 14.7. The van der Waals surface area contributed by atoms with Crippen LogP contribution in [0.15, 0.2) is 34.9 Å². The van der Waals surface area contributed by atoms with Gasteiger partial charge in [0.15, 0.2) is 0 Å². The zero-order valence-electron chi connectivity index (χ0n) is 11.2. The number of nitrogens with one attached hydrogen (secondary N) is 1. The third kappa shape index (κ3) is 3.33. The van der Waals surface area contributed by atoms with Gasteiger partial charge in [0.1, 0.15) is 12.0 Å². The Morgan fingerprint density at radius 1 is 1.30 bits per heavy atom. The molecule has 0 radical (unpaired) electrons. The van der Waals surface area contributed by atoms with E-state index in [0.29, 0.717) is 12.4 Å². The van der Waals surface area contributed by atoms with E-state index in [2.05, 4.69) is 26.2 Å². The quantitative estimate of drug-likeness (QED) is 0.677. The Morgan fingerprint density at radius 3 is 2.70 bits per heavy atom. The summed E-state index contributed by atoms with van der Waals surface area (Å²) in [5.74, 6) is 0.662. The van der Waals surface area contributed by atoms with E-state index in [1.54, 1.807) is 6.92 Å². The van der Waals surface area contributed by atoms with Gasteiger partial charge >= 0.3 is 0 Å². The number of rotatable bonds is 4. The predicted molar refractivity (Wildman–Crippen MR) is 81.8 cm³/mol. The van der Waals surface area contributed by atoms with Crippen LogP contribution < -0.4 is 5.32 Å². The molecule has 0 aliphatic rings. The van der Waals surface area contributed by atoms with E-state index in [1.807, 2.05) is 25.1 Å². The van der Waals surface area contributed by atoms with E-state index in [1.165, 1.54) is 17.8 Å². The first-order chi connectivity index (χ1) is 9.47. The Morgan fingerprint density at radius 2 is 2.05 bits per heavy atom. The highest BCUT2D eigenvalue weighted by atomic mass is 79.9. The molecule has 1 N–H and O–H groups in total. The fraction of sp³-hybridized carbons (Fsp3) is 0.214. The van der Waals surface area contributed by atoms with Crippen molar-refractivity contribution in [1.82, 2.24) is 4.98 Å². The smallest absolute Gasteiger partial charge is 0.287 e. The van der Waals surface area contributed by atoms with Gasteiger partial charge in [0.25, 0.3) is 5.69 Å². The number of hydrogen-bond acceptors (Lipinski definition) is 4. The second-order valence-electron chi connectivity index (χ2n) is 4.54. The van der Waals surface area contributed by atoms with Gasteiger partial charge in [0, 0.05) is 17.1 Å². The molecule has 2 rings (SSSR count). The minimum atomic E-state index is -0.442. The standard InChI is InChI=1S/C14H14BrN3O2/c1-9-3-4-12(15)6-11(9)7-16-14-10(2)5-13(8-17-14)18(19)20/h3-6,8H,7H2,1-2H3,(H,16,17). The highest BCUT2D eigenvalue weighted by Gasteiger charge is 2.09. The maximum absolute atomic E-state index is 10.7. The van der Waals surface area contributed by atoms with E-state index in [4.69, 9.17) is 0 Å². The van der Waals surface area contributed by atoms with Crippen molar-refractivity contribution in [3.8, 4) is 0 Å². The fourth-order valence-corrected chi connectivity index (χ4v) is 2.26. The normalized spacial score (nSPS) is 10.3. The predicted octanol–water partition coefficient (Wildman–Crippen LogP) is 3.98. The van der Waals surface area contributed by atoms with Crippen molar-refractivity contribution in [2.45, 2.75) is 20.4 Å². The van der Waals surface area contributed by atoms with Crippen LogP contribution in [0.1, 0.15) is 16.7 Å². The molecular weight excluding hydrogens is 322 g/mol. The Labute approximate surface area is 125 Å². The summed E-state index contributed by atoms with van der Waals surface area (Å²) >= 11 is 3.44. The van der Waals surface area contributed by atoms with Crippen LogP contribution in [0.5, 0.6) is 0 Å². The van der Waals surface area contributed by atoms with Crippen molar-refractivity contribution in [3.05, 3.63) is 61.7 Å². The van der Waals surface area contributed by atoms with Crippen LogP contribution in [-0.2, 0) is 6.54 Å². The van der Waals surface area contributed by atoms with Crippen LogP contribution >= 0.6 is 15.9 Å². The van der Waals surface area contributed by atoms with Crippen molar-refractivity contribution < 1.29 is 4.92 Å². The minimum Gasteiger partial charge on any atom is -0.366 e. The Bertz CT molecular complexity index is 659. The number of benzene rings is 1. The lowest BCUT2D eigenvalue weighted by Gasteiger charge is -2.10. The monoisotopic (exact) mass is 335 g/mol. The zero-order valence-corrected chi connectivity index (χ0v) is 12.8. The van der Waals surface area contributed by atoms with Crippen molar-refractivity contribution in [1.29, 1.82) is 0 Å². The van der Waals surface area contributed by atoms with Gasteiger partial charge in [-0.2, -0.15) is 0 Å². The number of nitrogens with zero attached hydrogens (tertiary/aromatic N) is 2. The van der Waals surface area contributed by atoms with Gasteiger partial charge in [-0.25, -0.2) is 4.98 Å². The number of halogens is 1. The van der Waals surface area contributed by atoms with Crippen molar-refractivity contribution in [3.63, 3.8) is 0 Å². The molecule has 1 heterocycles. The molecule has 1 aromatic carbocycles. The molecule has 0 spiro atoms. The first-order valence-corrected chi connectivity index (χ1v) is 6.86. The third-order valence-corrected chi connectivity index (χ3v) is 3.53. The van der Waals surface area contributed by atoms with Crippen molar-refractivity contribution in [2.75, 3.05) is 5.32 Å². The molecule has 0 unspecified atom stereocenters. The van der Waals surface area contributed by atoms with E-state index in [-0.39, 0.29) is 5.69 Å². The summed E-state index contributed by atoms with van der Waals surface area (Å²) in [5, 5.41) is 13.9. The first kappa shape index (κ1) is 14.5. The highest BCUT2D eigenvalue weighted by Crippen LogP contribution is 2.20. The minimum absolute atomic E-state index is 0.00619. The summed E-state index contributed by atoms with van der Waals surface area (Å²) in [5.41, 5.74) is 3.10. The number of nitro groups is 1. The molecule has 2 aromatic rings. The summed E-state index contributed by atoms with van der Waals surface area (Å²) < 4.78 is 1.02. The number of aromatic nitrogens is 1. The average Bonchev–Trinajstić information content (AvgIpc) is 2.40. The maximum Gasteiger partial charge on any atom is 0.287 e. The molecule has 0 aliphatic carbocycles. The van der Waals surface area contributed by atoms with E-state index < -0.39 is 4.92 Å². The lowest BCUT2D eigenvalue weighted by atomic mass is 10.1. The average molecular weight is 336 g/mol. The number of hydrogen-bond donors (Lipinski definition) is 1. The lowest BCUT2D eigenvalue weighted by Crippen LogP contribution is -2.05. The molecule has 0 amide bonds. The molecular formula is C14H14BrN3O2. The Hall–Kier alpha value is -1.95. The molecule has 0 saturated carbocycles. The second-order valence-corrected chi connectivity index (χ2v) is 5.46. The van der Waals surface area contributed by atoms with E-state index >= 15 is 0 Å². The first-order valence-electron chi connectivity index (χ1n) is 6.07. The molecule has 0 fully saturated rings. The largest absolute Gasteiger partial charge is 0.366 e. The van der Waals surface area contributed by atoms with Crippen LogP contribution in [0.3, 0.4) is 0 Å². The van der Waals surface area contributed by atoms with Crippen LogP contribution in [0, 0.1) is 24.0 Å². The summed E-state index contributed by atoms with van der Waals surface area (Å²) in [6.07, 6.45) is 1.27. The third-order valence-electron chi connectivity index (χ3n) is 3.03. The van der Waals surface area contributed by atoms with E-state index in [0.717, 1.165) is 15.6 Å². The van der Waals surface area contributed by atoms with Crippen LogP contribution in [0.4, 0.5) is 11.5 Å². The number of pyridine rings is 1. The molecule has 5 nitrogen and oxygen atoms in total. The molecule has 0 atom stereocenters. The number of aryl methyl sites for hydroxylation is 2. The van der Waals surface area contributed by atoms with E-state index in [9.17, 15) is 10.1 Å². The molecule has 0 saturated heterocycles. The fourth-order valence-electron chi connectivity index (χ4n) is 1.85. The summed E-state index contributed by atoms with van der Waals surface area (Å²) in [7, 11) is 0.